The number of pyridine rings is 1. The minimum atomic E-state index is -0.222. The van der Waals surface area contributed by atoms with Crippen molar-refractivity contribution in [3.05, 3.63) is 82.0 Å². The first-order chi connectivity index (χ1) is 16.0. The molecule has 5 rings (SSSR count). The smallest absolute Gasteiger partial charge is 0.256 e. The zero-order valence-corrected chi connectivity index (χ0v) is 18.1. The van der Waals surface area contributed by atoms with E-state index >= 15 is 0 Å². The zero-order chi connectivity index (χ0) is 22.9. The molecule has 0 unspecified atom stereocenters. The Morgan fingerprint density at radius 1 is 1.06 bits per heavy atom. The van der Waals surface area contributed by atoms with Gasteiger partial charge in [-0.3, -0.25) is 19.3 Å². The van der Waals surface area contributed by atoms with Gasteiger partial charge in [0, 0.05) is 43.4 Å². The molecule has 0 amide bonds. The molecule has 4 heterocycles. The lowest BCUT2D eigenvalue weighted by Crippen LogP contribution is -2.36. The lowest BCUT2D eigenvalue weighted by molar-refractivity contribution is 0.438. The van der Waals surface area contributed by atoms with Crippen molar-refractivity contribution in [2.75, 3.05) is 18.0 Å². The molecule has 3 aromatic heterocycles. The third-order valence-corrected chi connectivity index (χ3v) is 6.25. The van der Waals surface area contributed by atoms with Gasteiger partial charge in [0.15, 0.2) is 5.65 Å². The number of piperidine rings is 1. The largest absolute Gasteiger partial charge is 0.492 e. The fourth-order valence-electron chi connectivity index (χ4n) is 4.61. The Labute approximate surface area is 189 Å². The summed E-state index contributed by atoms with van der Waals surface area (Å²) in [4.78, 5) is 32.4. The number of rotatable bonds is 4. The third kappa shape index (κ3) is 3.90. The van der Waals surface area contributed by atoms with Crippen molar-refractivity contribution >= 4 is 16.9 Å². The summed E-state index contributed by atoms with van der Waals surface area (Å²) >= 11 is 0. The number of benzene rings is 1. The maximum Gasteiger partial charge on any atom is 0.256 e. The van der Waals surface area contributed by atoms with Gasteiger partial charge < -0.3 is 10.0 Å². The van der Waals surface area contributed by atoms with Crippen LogP contribution in [0.3, 0.4) is 0 Å². The lowest BCUT2D eigenvalue weighted by atomic mass is 9.89. The maximum atomic E-state index is 14.4. The number of fused-ring (bicyclic) bond motifs is 1. The molecule has 0 atom stereocenters. The van der Waals surface area contributed by atoms with E-state index in [9.17, 15) is 14.3 Å². The molecule has 1 aliphatic heterocycles. The number of nitrogens with zero attached hydrogens (tertiary/aromatic N) is 6. The minimum absolute atomic E-state index is 0.00828. The Kier molecular flexibility index (Phi) is 5.45. The van der Waals surface area contributed by atoms with Gasteiger partial charge in [-0.25, -0.2) is 14.4 Å². The number of aromatic hydroxyl groups is 1. The Morgan fingerprint density at radius 2 is 1.79 bits per heavy atom. The number of halogens is 1. The Balaban J connectivity index is 1.49. The standard InChI is InChI=1S/C24H23FN6O2/c1-15-3-2-4-18(25)21(15)30-11-5-16(6-12-30)17-13-19-22(28-9-7-26-19)31(24(17)33)14-20-23(32)29-10-8-27-20/h2-4,7-10,13,16H,5-6,11-12,14H2,1H3,(H,29,32). The molecule has 8 nitrogen and oxygen atoms in total. The summed E-state index contributed by atoms with van der Waals surface area (Å²) in [5, 5.41) is 10.1. The van der Waals surface area contributed by atoms with Crippen LogP contribution in [0.1, 0.15) is 35.6 Å². The first kappa shape index (κ1) is 21.0. The highest BCUT2D eigenvalue weighted by Gasteiger charge is 2.27. The van der Waals surface area contributed by atoms with Gasteiger partial charge in [0.1, 0.15) is 17.0 Å². The van der Waals surface area contributed by atoms with Gasteiger partial charge >= 0.3 is 0 Å². The minimum Gasteiger partial charge on any atom is -0.492 e. The summed E-state index contributed by atoms with van der Waals surface area (Å²) < 4.78 is 15.9. The van der Waals surface area contributed by atoms with E-state index in [0.717, 1.165) is 5.56 Å². The summed E-state index contributed by atoms with van der Waals surface area (Å²) in [5.41, 5.74) is 3.31. The van der Waals surface area contributed by atoms with Crippen molar-refractivity contribution in [2.45, 2.75) is 32.2 Å². The van der Waals surface area contributed by atoms with Crippen LogP contribution in [0.4, 0.5) is 10.1 Å². The van der Waals surface area contributed by atoms with Gasteiger partial charge in [-0.1, -0.05) is 12.1 Å². The van der Waals surface area contributed by atoms with Crippen LogP contribution in [0.25, 0.3) is 11.2 Å². The average Bonchev–Trinajstić information content (AvgIpc) is 2.82. The summed E-state index contributed by atoms with van der Waals surface area (Å²) in [5.74, 6) is -0.435. The fourth-order valence-corrected chi connectivity index (χ4v) is 4.61. The highest BCUT2D eigenvalue weighted by Crippen LogP contribution is 2.32. The molecule has 9 heteroatoms. The normalized spacial score (nSPS) is 14.7. The van der Waals surface area contributed by atoms with Crippen LogP contribution < -0.4 is 10.5 Å². The number of aryl methyl sites for hydroxylation is 1. The van der Waals surface area contributed by atoms with Crippen LogP contribution in [-0.4, -0.2) is 42.7 Å². The van der Waals surface area contributed by atoms with Crippen LogP contribution >= 0.6 is 0 Å². The molecule has 4 aromatic rings. The number of hydrogen-bond acceptors (Lipinski definition) is 7. The van der Waals surface area contributed by atoms with Crippen molar-refractivity contribution in [1.82, 2.24) is 24.5 Å². The van der Waals surface area contributed by atoms with E-state index in [1.165, 1.54) is 29.2 Å². The zero-order valence-electron chi connectivity index (χ0n) is 18.1. The molecule has 1 fully saturated rings. The molecule has 1 saturated heterocycles. The van der Waals surface area contributed by atoms with Gasteiger partial charge in [-0.15, -0.1) is 0 Å². The second-order valence-electron chi connectivity index (χ2n) is 8.25. The van der Waals surface area contributed by atoms with Crippen LogP contribution in [0.15, 0.2) is 53.8 Å². The second kappa shape index (κ2) is 8.57. The first-order valence-corrected chi connectivity index (χ1v) is 10.9. The van der Waals surface area contributed by atoms with Gasteiger partial charge in [-0.2, -0.15) is 0 Å². The highest BCUT2D eigenvalue weighted by atomic mass is 19.1. The molecule has 0 spiro atoms. The van der Waals surface area contributed by atoms with Crippen LogP contribution in [0, 0.1) is 12.7 Å². The molecule has 1 N–H and O–H groups in total. The molecule has 1 aliphatic rings. The van der Waals surface area contributed by atoms with E-state index in [4.69, 9.17) is 0 Å². The second-order valence-corrected chi connectivity index (χ2v) is 8.25. The van der Waals surface area contributed by atoms with E-state index in [2.05, 4.69) is 24.8 Å². The number of hydrogen-bond donors (Lipinski definition) is 1. The number of anilines is 1. The summed E-state index contributed by atoms with van der Waals surface area (Å²) in [6, 6.07) is 6.92. The van der Waals surface area contributed by atoms with Crippen molar-refractivity contribution in [1.29, 1.82) is 0 Å². The van der Waals surface area contributed by atoms with E-state index < -0.39 is 0 Å². The van der Waals surface area contributed by atoms with Gasteiger partial charge in [0.25, 0.3) is 5.56 Å². The van der Waals surface area contributed by atoms with E-state index in [1.807, 2.05) is 19.1 Å². The summed E-state index contributed by atoms with van der Waals surface area (Å²) in [6.07, 6.45) is 7.41. The van der Waals surface area contributed by atoms with Gasteiger partial charge in [-0.05, 0) is 43.4 Å². The SMILES string of the molecule is Cc1cccc(F)c1N1CCC(c2cc3nccnc3n(Cc3nccnc3O)c2=O)CC1. The lowest BCUT2D eigenvalue weighted by Gasteiger charge is -2.34. The van der Waals surface area contributed by atoms with Crippen LogP contribution in [-0.2, 0) is 6.54 Å². The van der Waals surface area contributed by atoms with E-state index in [1.54, 1.807) is 12.3 Å². The topological polar surface area (TPSA) is 97.0 Å². The van der Waals surface area contributed by atoms with Gasteiger partial charge in [0.05, 0.1) is 12.2 Å². The van der Waals surface area contributed by atoms with Crippen molar-refractivity contribution in [3.63, 3.8) is 0 Å². The van der Waals surface area contributed by atoms with Gasteiger partial charge in [0.2, 0.25) is 5.88 Å². The number of aromatic nitrogens is 5. The summed E-state index contributed by atoms with van der Waals surface area (Å²) in [7, 11) is 0. The molecule has 33 heavy (non-hydrogen) atoms. The highest BCUT2D eigenvalue weighted by molar-refractivity contribution is 5.71. The molecular weight excluding hydrogens is 423 g/mol. The van der Waals surface area contributed by atoms with Crippen LogP contribution in [0.2, 0.25) is 0 Å². The molecule has 0 saturated carbocycles. The maximum absolute atomic E-state index is 14.4. The Hall–Kier alpha value is -3.88. The molecule has 1 aromatic carbocycles. The van der Waals surface area contributed by atoms with Crippen LogP contribution in [0.5, 0.6) is 5.88 Å². The molecule has 0 aliphatic carbocycles. The van der Waals surface area contributed by atoms with Crippen molar-refractivity contribution in [3.8, 4) is 5.88 Å². The fraction of sp³-hybridized carbons (Fsp3) is 0.292. The molecule has 168 valence electrons. The van der Waals surface area contributed by atoms with E-state index in [0.29, 0.717) is 48.3 Å². The number of para-hydroxylation sites is 1. The molecule has 0 bridgehead atoms. The average molecular weight is 446 g/mol. The van der Waals surface area contributed by atoms with Crippen molar-refractivity contribution in [2.24, 2.45) is 0 Å². The predicted octanol–water partition coefficient (Wildman–Crippen LogP) is 3.17. The first-order valence-electron chi connectivity index (χ1n) is 10.9. The Bertz CT molecular complexity index is 1360. The quantitative estimate of drug-likeness (QED) is 0.514. The molecule has 0 radical (unpaired) electrons. The monoisotopic (exact) mass is 446 g/mol. The Morgan fingerprint density at radius 3 is 2.55 bits per heavy atom. The molecular formula is C24H23FN6O2. The van der Waals surface area contributed by atoms with Crippen molar-refractivity contribution < 1.29 is 9.50 Å². The predicted molar refractivity (Wildman–Crippen MR) is 122 cm³/mol. The van der Waals surface area contributed by atoms with E-state index in [-0.39, 0.29) is 35.4 Å². The third-order valence-electron chi connectivity index (χ3n) is 6.25. The summed E-state index contributed by atoms with van der Waals surface area (Å²) in [6.45, 7) is 3.24.